The normalized spacial score (nSPS) is 35.0. The molecule has 6 nitrogen and oxygen atoms in total. The van der Waals surface area contributed by atoms with Gasteiger partial charge in [-0.3, -0.25) is 4.79 Å². The van der Waals surface area contributed by atoms with Crippen molar-refractivity contribution in [3.63, 3.8) is 0 Å². The molecule has 1 N–H and O–H groups in total. The van der Waals surface area contributed by atoms with Crippen LogP contribution in [0.4, 0.5) is 0 Å². The second kappa shape index (κ2) is 7.68. The quantitative estimate of drug-likeness (QED) is 0.824. The molecule has 0 unspecified atom stereocenters. The van der Waals surface area contributed by atoms with E-state index in [9.17, 15) is 4.79 Å². The average Bonchev–Trinajstić information content (AvgIpc) is 2.93. The fourth-order valence-corrected chi connectivity index (χ4v) is 4.19. The van der Waals surface area contributed by atoms with Gasteiger partial charge in [-0.1, -0.05) is 6.42 Å². The first-order valence-electron chi connectivity index (χ1n) is 9.33. The van der Waals surface area contributed by atoms with E-state index < -0.39 is 5.79 Å². The number of rotatable bonds is 5. The Kier molecular flexibility index (Phi) is 5.80. The van der Waals surface area contributed by atoms with Crippen LogP contribution in [0.25, 0.3) is 0 Å². The summed E-state index contributed by atoms with van der Waals surface area (Å²) in [6.07, 6.45) is 7.00. The van der Waals surface area contributed by atoms with Gasteiger partial charge in [-0.05, 0) is 25.7 Å². The zero-order valence-electron chi connectivity index (χ0n) is 14.9. The van der Waals surface area contributed by atoms with E-state index in [1.807, 2.05) is 0 Å². The van der Waals surface area contributed by atoms with E-state index in [1.165, 1.54) is 6.42 Å². The second-order valence-electron chi connectivity index (χ2n) is 7.63. The van der Waals surface area contributed by atoms with Crippen LogP contribution in [0.1, 0.15) is 51.4 Å². The molecule has 2 saturated heterocycles. The van der Waals surface area contributed by atoms with Crippen LogP contribution in [0.3, 0.4) is 0 Å². The van der Waals surface area contributed by atoms with Gasteiger partial charge in [0.05, 0.1) is 18.8 Å². The van der Waals surface area contributed by atoms with Crippen molar-refractivity contribution in [1.29, 1.82) is 0 Å². The summed E-state index contributed by atoms with van der Waals surface area (Å²) < 4.78 is 18.9. The third kappa shape index (κ3) is 3.77. The highest BCUT2D eigenvalue weighted by Crippen LogP contribution is 2.46. The zero-order valence-corrected chi connectivity index (χ0v) is 14.9. The van der Waals surface area contributed by atoms with Crippen LogP contribution in [-0.2, 0) is 19.0 Å². The van der Waals surface area contributed by atoms with E-state index >= 15 is 0 Å². The molecule has 2 heterocycles. The number of amides is 1. The summed E-state index contributed by atoms with van der Waals surface area (Å²) in [5, 5.41) is 9.13. The van der Waals surface area contributed by atoms with E-state index in [4.69, 9.17) is 19.3 Å². The van der Waals surface area contributed by atoms with Gasteiger partial charge in [0.25, 0.3) is 0 Å². The lowest BCUT2D eigenvalue weighted by atomic mass is 9.88. The number of fused-ring (bicyclic) bond motifs is 1. The minimum Gasteiger partial charge on any atom is -0.396 e. The number of hydrogen-bond acceptors (Lipinski definition) is 5. The molecule has 0 aromatic carbocycles. The number of carbonyl (C=O) groups is 1. The van der Waals surface area contributed by atoms with E-state index in [0.29, 0.717) is 19.4 Å². The first-order valence-corrected chi connectivity index (χ1v) is 9.33. The molecule has 0 radical (unpaired) electrons. The Hall–Kier alpha value is -0.690. The Balaban J connectivity index is 1.73. The molecular formula is C18H31NO5. The largest absolute Gasteiger partial charge is 0.396 e. The maximum atomic E-state index is 12.2. The Bertz CT molecular complexity index is 435. The first-order chi connectivity index (χ1) is 11.5. The number of aliphatic hydroxyl groups excluding tert-OH is 1. The fraction of sp³-hybridized carbons (Fsp3) is 0.944. The summed E-state index contributed by atoms with van der Waals surface area (Å²) >= 11 is 0. The van der Waals surface area contributed by atoms with Crippen molar-refractivity contribution in [3.05, 3.63) is 0 Å². The van der Waals surface area contributed by atoms with Gasteiger partial charge in [0.2, 0.25) is 5.91 Å². The Morgan fingerprint density at radius 1 is 1.17 bits per heavy atom. The summed E-state index contributed by atoms with van der Waals surface area (Å²) in [5.41, 5.74) is 0. The Morgan fingerprint density at radius 2 is 1.88 bits per heavy atom. The molecular weight excluding hydrogens is 310 g/mol. The molecule has 3 fully saturated rings. The minimum absolute atomic E-state index is 0.0385. The van der Waals surface area contributed by atoms with Gasteiger partial charge >= 0.3 is 0 Å². The van der Waals surface area contributed by atoms with Crippen molar-refractivity contribution in [2.45, 2.75) is 75.5 Å². The molecule has 24 heavy (non-hydrogen) atoms. The van der Waals surface area contributed by atoms with Gasteiger partial charge in [-0.2, -0.15) is 0 Å². The van der Waals surface area contributed by atoms with E-state index in [0.717, 1.165) is 32.1 Å². The summed E-state index contributed by atoms with van der Waals surface area (Å²) in [7, 11) is 3.56. The molecule has 3 rings (SSSR count). The molecule has 1 spiro atoms. The maximum Gasteiger partial charge on any atom is 0.222 e. The van der Waals surface area contributed by atoms with Crippen molar-refractivity contribution < 1.29 is 24.1 Å². The van der Waals surface area contributed by atoms with E-state index in [1.54, 1.807) is 19.0 Å². The summed E-state index contributed by atoms with van der Waals surface area (Å²) in [5.74, 6) is -0.334. The maximum absolute atomic E-state index is 12.2. The number of ether oxygens (including phenoxy) is 3. The van der Waals surface area contributed by atoms with Gasteiger partial charge in [-0.25, -0.2) is 0 Å². The number of aliphatic hydroxyl groups is 1. The van der Waals surface area contributed by atoms with E-state index in [-0.39, 0.29) is 36.7 Å². The lowest BCUT2D eigenvalue weighted by Gasteiger charge is -2.37. The van der Waals surface area contributed by atoms with Crippen LogP contribution >= 0.6 is 0 Å². The zero-order chi connectivity index (χ0) is 17.2. The highest BCUT2D eigenvalue weighted by atomic mass is 16.8. The summed E-state index contributed by atoms with van der Waals surface area (Å²) in [6, 6.07) is 0. The molecule has 1 saturated carbocycles. The molecule has 0 aromatic heterocycles. The minimum atomic E-state index is -0.474. The summed E-state index contributed by atoms with van der Waals surface area (Å²) in [6.45, 7) is 0.683. The van der Waals surface area contributed by atoms with E-state index in [2.05, 4.69) is 0 Å². The van der Waals surface area contributed by atoms with Crippen molar-refractivity contribution in [1.82, 2.24) is 4.90 Å². The van der Waals surface area contributed by atoms with Crippen LogP contribution in [0.5, 0.6) is 0 Å². The topological polar surface area (TPSA) is 68.2 Å². The van der Waals surface area contributed by atoms with Crippen LogP contribution in [0, 0.1) is 5.92 Å². The highest BCUT2D eigenvalue weighted by molar-refractivity contribution is 5.75. The van der Waals surface area contributed by atoms with Crippen molar-refractivity contribution in [2.24, 2.45) is 5.92 Å². The SMILES string of the molecule is CN(C)C(=O)C[C@H]1CO[C@@H](CCCO)[C@@H]2OC3(CCCCC3)O[C@H]12. The fourth-order valence-electron chi connectivity index (χ4n) is 4.19. The third-order valence-corrected chi connectivity index (χ3v) is 5.58. The molecule has 3 aliphatic rings. The summed E-state index contributed by atoms with van der Waals surface area (Å²) in [4.78, 5) is 13.8. The smallest absolute Gasteiger partial charge is 0.222 e. The molecule has 2 aliphatic heterocycles. The highest BCUT2D eigenvalue weighted by Gasteiger charge is 2.55. The molecule has 1 aliphatic carbocycles. The first kappa shape index (κ1) is 18.1. The molecule has 4 atom stereocenters. The number of carbonyl (C=O) groups excluding carboxylic acids is 1. The van der Waals surface area contributed by atoms with Crippen LogP contribution in [0.2, 0.25) is 0 Å². The predicted octanol–water partition coefficient (Wildman–Crippen LogP) is 1.70. The van der Waals surface area contributed by atoms with Crippen molar-refractivity contribution in [2.75, 3.05) is 27.3 Å². The standard InChI is InChI=1S/C18H31NO5/c1-19(2)15(21)11-13-12-22-14(7-6-10-20)17-16(13)23-18(24-17)8-4-3-5-9-18/h13-14,16-17,20H,3-12H2,1-2H3/t13-,14-,16+,17-/m0/s1. The molecule has 0 aromatic rings. The van der Waals surface area contributed by atoms with Gasteiger partial charge in [0, 0.05) is 45.9 Å². The predicted molar refractivity (Wildman–Crippen MR) is 88.4 cm³/mol. The molecule has 138 valence electrons. The van der Waals surface area contributed by atoms with Crippen molar-refractivity contribution >= 4 is 5.91 Å². The van der Waals surface area contributed by atoms with Crippen LogP contribution in [-0.4, -0.2) is 67.3 Å². The lowest BCUT2D eigenvalue weighted by Crippen LogP contribution is -2.49. The monoisotopic (exact) mass is 341 g/mol. The van der Waals surface area contributed by atoms with Gasteiger partial charge in [-0.15, -0.1) is 0 Å². The molecule has 6 heteroatoms. The van der Waals surface area contributed by atoms with Crippen LogP contribution in [0.15, 0.2) is 0 Å². The van der Waals surface area contributed by atoms with Gasteiger partial charge in [0.15, 0.2) is 5.79 Å². The Morgan fingerprint density at radius 3 is 2.54 bits per heavy atom. The number of nitrogens with zero attached hydrogens (tertiary/aromatic N) is 1. The number of hydrogen-bond donors (Lipinski definition) is 1. The third-order valence-electron chi connectivity index (χ3n) is 5.58. The van der Waals surface area contributed by atoms with Gasteiger partial charge in [0.1, 0.15) is 6.10 Å². The second-order valence-corrected chi connectivity index (χ2v) is 7.63. The van der Waals surface area contributed by atoms with Gasteiger partial charge < -0.3 is 24.2 Å². The lowest BCUT2D eigenvalue weighted by molar-refractivity contribution is -0.199. The average molecular weight is 341 g/mol. The van der Waals surface area contributed by atoms with Crippen molar-refractivity contribution in [3.8, 4) is 0 Å². The Labute approximate surface area is 144 Å². The molecule has 0 bridgehead atoms. The van der Waals surface area contributed by atoms with Crippen LogP contribution < -0.4 is 0 Å². The molecule has 1 amide bonds.